The highest BCUT2D eigenvalue weighted by atomic mass is 35.5. The van der Waals surface area contributed by atoms with Gasteiger partial charge in [-0.2, -0.15) is 0 Å². The number of ether oxygens (including phenoxy) is 1. The number of rotatable bonds is 7. The molecule has 1 amide bonds. The number of hydrogen-bond donors (Lipinski definition) is 2. The smallest absolute Gasteiger partial charge is 0.223 e. The highest BCUT2D eigenvalue weighted by Crippen LogP contribution is 2.23. The lowest BCUT2D eigenvalue weighted by atomic mass is 10.1. The standard InChI is InChI=1S/C13H26N2O2.ClH/c1-10(2)5-7-17-8-6-15-13(16)11-3-4-12(14)9-11;/h10-12H,3-9,14H2,1-2H3,(H,15,16);1H. The van der Waals surface area contributed by atoms with Crippen molar-refractivity contribution in [2.75, 3.05) is 19.8 Å². The van der Waals surface area contributed by atoms with Crippen LogP contribution < -0.4 is 11.1 Å². The van der Waals surface area contributed by atoms with E-state index in [0.29, 0.717) is 19.1 Å². The Hall–Kier alpha value is -0.320. The third kappa shape index (κ3) is 7.19. The Bertz CT molecular complexity index is 237. The summed E-state index contributed by atoms with van der Waals surface area (Å²) in [5.74, 6) is 0.940. The summed E-state index contributed by atoms with van der Waals surface area (Å²) >= 11 is 0. The molecule has 5 heteroatoms. The van der Waals surface area contributed by atoms with Crippen LogP contribution in [0, 0.1) is 11.8 Å². The van der Waals surface area contributed by atoms with Gasteiger partial charge in [-0.05, 0) is 31.6 Å². The van der Waals surface area contributed by atoms with Gasteiger partial charge in [0.25, 0.3) is 0 Å². The van der Waals surface area contributed by atoms with E-state index in [1.54, 1.807) is 0 Å². The van der Waals surface area contributed by atoms with Gasteiger partial charge in [-0.3, -0.25) is 4.79 Å². The fourth-order valence-corrected chi connectivity index (χ4v) is 2.07. The van der Waals surface area contributed by atoms with Crippen molar-refractivity contribution >= 4 is 18.3 Å². The van der Waals surface area contributed by atoms with Crippen LogP contribution in [0.2, 0.25) is 0 Å². The van der Waals surface area contributed by atoms with Crippen LogP contribution in [0.5, 0.6) is 0 Å². The molecule has 18 heavy (non-hydrogen) atoms. The molecule has 1 rings (SSSR count). The van der Waals surface area contributed by atoms with E-state index >= 15 is 0 Å². The molecule has 0 aromatic heterocycles. The molecule has 0 aliphatic heterocycles. The maximum absolute atomic E-state index is 11.7. The fraction of sp³-hybridized carbons (Fsp3) is 0.923. The largest absolute Gasteiger partial charge is 0.380 e. The zero-order valence-electron chi connectivity index (χ0n) is 11.5. The molecule has 0 aromatic carbocycles. The molecule has 0 aromatic rings. The summed E-state index contributed by atoms with van der Waals surface area (Å²) < 4.78 is 5.44. The molecule has 2 atom stereocenters. The summed E-state index contributed by atoms with van der Waals surface area (Å²) in [5.41, 5.74) is 5.78. The maximum atomic E-state index is 11.7. The van der Waals surface area contributed by atoms with Gasteiger partial charge < -0.3 is 15.8 Å². The third-order valence-electron chi connectivity index (χ3n) is 3.23. The van der Waals surface area contributed by atoms with E-state index in [0.717, 1.165) is 32.3 Å². The second kappa shape index (κ2) is 9.59. The summed E-state index contributed by atoms with van der Waals surface area (Å²) in [5, 5.41) is 2.91. The first-order valence-electron chi connectivity index (χ1n) is 6.70. The van der Waals surface area contributed by atoms with E-state index in [4.69, 9.17) is 10.5 Å². The van der Waals surface area contributed by atoms with Crippen molar-refractivity contribution in [1.29, 1.82) is 0 Å². The lowest BCUT2D eigenvalue weighted by molar-refractivity contribution is -0.125. The van der Waals surface area contributed by atoms with E-state index in [-0.39, 0.29) is 30.3 Å². The number of amides is 1. The predicted octanol–water partition coefficient (Wildman–Crippen LogP) is 1.71. The van der Waals surface area contributed by atoms with Crippen LogP contribution in [0.4, 0.5) is 0 Å². The molecule has 0 saturated heterocycles. The molecule has 1 aliphatic carbocycles. The van der Waals surface area contributed by atoms with Crippen molar-refractivity contribution < 1.29 is 9.53 Å². The Morgan fingerprint density at radius 2 is 2.11 bits per heavy atom. The van der Waals surface area contributed by atoms with Crippen molar-refractivity contribution in [3.8, 4) is 0 Å². The minimum absolute atomic E-state index is 0. The van der Waals surface area contributed by atoms with Crippen molar-refractivity contribution in [3.05, 3.63) is 0 Å². The van der Waals surface area contributed by atoms with E-state index < -0.39 is 0 Å². The van der Waals surface area contributed by atoms with E-state index in [9.17, 15) is 4.79 Å². The number of hydrogen-bond acceptors (Lipinski definition) is 3. The molecule has 1 aliphatic rings. The minimum Gasteiger partial charge on any atom is -0.380 e. The fourth-order valence-electron chi connectivity index (χ4n) is 2.07. The Balaban J connectivity index is 0.00000289. The molecule has 3 N–H and O–H groups in total. The highest BCUT2D eigenvalue weighted by Gasteiger charge is 2.27. The average Bonchev–Trinajstić information content (AvgIpc) is 2.69. The number of nitrogens with two attached hydrogens (primary N) is 1. The van der Waals surface area contributed by atoms with E-state index in [2.05, 4.69) is 19.2 Å². The van der Waals surface area contributed by atoms with Crippen LogP contribution in [0.1, 0.15) is 39.5 Å². The summed E-state index contributed by atoms with van der Waals surface area (Å²) in [6.45, 7) is 6.35. The molecule has 1 fully saturated rings. The van der Waals surface area contributed by atoms with Gasteiger partial charge in [-0.15, -0.1) is 12.4 Å². The van der Waals surface area contributed by atoms with Crippen LogP contribution in [0.15, 0.2) is 0 Å². The summed E-state index contributed by atoms with van der Waals surface area (Å²) in [6, 6.07) is 0.216. The van der Waals surface area contributed by atoms with Gasteiger partial charge in [0.2, 0.25) is 5.91 Å². The Morgan fingerprint density at radius 3 is 2.67 bits per heavy atom. The molecular formula is C13H27ClN2O2. The van der Waals surface area contributed by atoms with Crippen molar-refractivity contribution in [3.63, 3.8) is 0 Å². The van der Waals surface area contributed by atoms with Gasteiger partial charge in [0.1, 0.15) is 0 Å². The number of nitrogens with one attached hydrogen (secondary N) is 1. The van der Waals surface area contributed by atoms with Gasteiger partial charge in [0.05, 0.1) is 6.61 Å². The van der Waals surface area contributed by atoms with Gasteiger partial charge in [0, 0.05) is 25.1 Å². The molecule has 4 nitrogen and oxygen atoms in total. The topological polar surface area (TPSA) is 64.3 Å². The quantitative estimate of drug-likeness (QED) is 0.697. The number of carbonyl (C=O) groups is 1. The summed E-state index contributed by atoms with van der Waals surface area (Å²) in [4.78, 5) is 11.7. The second-order valence-corrected chi connectivity index (χ2v) is 5.36. The molecule has 0 spiro atoms. The van der Waals surface area contributed by atoms with Crippen molar-refractivity contribution in [2.45, 2.75) is 45.6 Å². The first-order valence-corrected chi connectivity index (χ1v) is 6.70. The molecule has 108 valence electrons. The van der Waals surface area contributed by atoms with Gasteiger partial charge in [-0.1, -0.05) is 13.8 Å². The van der Waals surface area contributed by atoms with Crippen LogP contribution in [-0.2, 0) is 9.53 Å². The van der Waals surface area contributed by atoms with Crippen LogP contribution >= 0.6 is 12.4 Å². The first kappa shape index (κ1) is 17.7. The SMILES string of the molecule is CC(C)CCOCCNC(=O)C1CCC(N)C1.Cl. The molecule has 0 heterocycles. The van der Waals surface area contributed by atoms with Gasteiger partial charge >= 0.3 is 0 Å². The summed E-state index contributed by atoms with van der Waals surface area (Å²) in [6.07, 6.45) is 3.82. The highest BCUT2D eigenvalue weighted by molar-refractivity contribution is 5.85. The minimum atomic E-state index is 0. The Labute approximate surface area is 116 Å². The van der Waals surface area contributed by atoms with Crippen LogP contribution in [0.25, 0.3) is 0 Å². The summed E-state index contributed by atoms with van der Waals surface area (Å²) in [7, 11) is 0. The van der Waals surface area contributed by atoms with Gasteiger partial charge in [-0.25, -0.2) is 0 Å². The zero-order valence-corrected chi connectivity index (χ0v) is 12.3. The third-order valence-corrected chi connectivity index (χ3v) is 3.23. The van der Waals surface area contributed by atoms with Crippen molar-refractivity contribution in [1.82, 2.24) is 5.32 Å². The normalized spacial score (nSPS) is 22.9. The molecule has 0 bridgehead atoms. The number of halogens is 1. The Kier molecular flexibility index (Phi) is 9.42. The maximum Gasteiger partial charge on any atom is 0.223 e. The molecule has 0 radical (unpaired) electrons. The molecule has 2 unspecified atom stereocenters. The monoisotopic (exact) mass is 278 g/mol. The number of carbonyl (C=O) groups excluding carboxylic acids is 1. The first-order chi connectivity index (χ1) is 8.09. The van der Waals surface area contributed by atoms with E-state index in [1.165, 1.54) is 0 Å². The Morgan fingerprint density at radius 1 is 1.39 bits per heavy atom. The van der Waals surface area contributed by atoms with Crippen LogP contribution in [0.3, 0.4) is 0 Å². The van der Waals surface area contributed by atoms with Gasteiger partial charge in [0.15, 0.2) is 0 Å². The van der Waals surface area contributed by atoms with Crippen LogP contribution in [-0.4, -0.2) is 31.7 Å². The second-order valence-electron chi connectivity index (χ2n) is 5.36. The molecule has 1 saturated carbocycles. The average molecular weight is 279 g/mol. The van der Waals surface area contributed by atoms with E-state index in [1.807, 2.05) is 0 Å². The zero-order chi connectivity index (χ0) is 12.7. The lowest BCUT2D eigenvalue weighted by Crippen LogP contribution is -2.33. The molecular weight excluding hydrogens is 252 g/mol. The van der Waals surface area contributed by atoms with Crippen molar-refractivity contribution in [2.24, 2.45) is 17.6 Å². The predicted molar refractivity (Wildman–Crippen MR) is 75.8 cm³/mol. The lowest BCUT2D eigenvalue weighted by Gasteiger charge is -2.11.